The zero-order valence-corrected chi connectivity index (χ0v) is 12.7. The summed E-state index contributed by atoms with van der Waals surface area (Å²) in [5, 5.41) is 22.9. The summed E-state index contributed by atoms with van der Waals surface area (Å²) in [7, 11) is 1.48. The minimum Gasteiger partial charge on any atom is -0.504 e. The number of ether oxygens (including phenoxy) is 1. The maximum absolute atomic E-state index is 10.9. The van der Waals surface area contributed by atoms with Gasteiger partial charge in [-0.2, -0.15) is 0 Å². The van der Waals surface area contributed by atoms with Crippen molar-refractivity contribution in [2.75, 3.05) is 7.11 Å². The van der Waals surface area contributed by atoms with E-state index in [0.717, 1.165) is 12.8 Å². The zero-order chi connectivity index (χ0) is 15.4. The van der Waals surface area contributed by atoms with Crippen LogP contribution in [-0.2, 0) is 11.3 Å². The lowest BCUT2D eigenvalue weighted by Crippen LogP contribution is -2.34. The van der Waals surface area contributed by atoms with Crippen LogP contribution in [0.5, 0.6) is 11.5 Å². The fraction of sp³-hybridized carbons (Fsp3) is 0.533. The fourth-order valence-electron chi connectivity index (χ4n) is 2.72. The van der Waals surface area contributed by atoms with Crippen LogP contribution in [0.4, 0.5) is 0 Å². The summed E-state index contributed by atoms with van der Waals surface area (Å²) >= 11 is 5.99. The number of hydrogen-bond donors (Lipinski definition) is 3. The van der Waals surface area contributed by atoms with Gasteiger partial charge in [-0.05, 0) is 31.7 Å². The van der Waals surface area contributed by atoms with E-state index in [1.807, 2.05) is 0 Å². The van der Waals surface area contributed by atoms with Gasteiger partial charge in [0.05, 0.1) is 13.0 Å². The molecule has 1 aliphatic carbocycles. The van der Waals surface area contributed by atoms with Gasteiger partial charge in [0.1, 0.15) is 0 Å². The molecule has 6 heteroatoms. The topological polar surface area (TPSA) is 78.8 Å². The molecule has 3 N–H and O–H groups in total. The minimum atomic E-state index is -0.703. The third-order valence-electron chi connectivity index (χ3n) is 4.00. The van der Waals surface area contributed by atoms with E-state index in [9.17, 15) is 9.90 Å². The van der Waals surface area contributed by atoms with Crippen LogP contribution in [0.2, 0.25) is 5.02 Å². The molecule has 0 atom stereocenters. The van der Waals surface area contributed by atoms with Crippen LogP contribution in [-0.4, -0.2) is 29.3 Å². The molecule has 1 aliphatic rings. The number of methoxy groups -OCH3 is 1. The Balaban J connectivity index is 1.92. The van der Waals surface area contributed by atoms with Crippen molar-refractivity contribution in [1.29, 1.82) is 0 Å². The van der Waals surface area contributed by atoms with Gasteiger partial charge in [-0.15, -0.1) is 0 Å². The Hall–Kier alpha value is -1.46. The van der Waals surface area contributed by atoms with E-state index < -0.39 is 5.97 Å². The number of carbonyl (C=O) groups is 1. The van der Waals surface area contributed by atoms with Crippen LogP contribution < -0.4 is 10.1 Å². The Labute approximate surface area is 128 Å². The van der Waals surface area contributed by atoms with Gasteiger partial charge in [0.2, 0.25) is 0 Å². The first-order chi connectivity index (χ1) is 10.0. The molecule has 0 aliphatic heterocycles. The Kier molecular flexibility index (Phi) is 5.31. The molecule has 5 nitrogen and oxygen atoms in total. The van der Waals surface area contributed by atoms with Crippen LogP contribution in [0.15, 0.2) is 12.1 Å². The van der Waals surface area contributed by atoms with Crippen LogP contribution in [0, 0.1) is 5.92 Å². The van der Waals surface area contributed by atoms with E-state index >= 15 is 0 Å². The molecular weight excluding hydrogens is 294 g/mol. The number of rotatable bonds is 5. The SMILES string of the molecule is COc1cc(Cl)cc(CNC2CCC(C(=O)O)CC2)c1O. The highest BCUT2D eigenvalue weighted by molar-refractivity contribution is 6.30. The molecule has 1 aromatic carbocycles. The van der Waals surface area contributed by atoms with Gasteiger partial charge in [-0.1, -0.05) is 11.6 Å². The maximum atomic E-state index is 10.9. The van der Waals surface area contributed by atoms with Crippen LogP contribution in [0.25, 0.3) is 0 Å². The highest BCUT2D eigenvalue weighted by atomic mass is 35.5. The summed E-state index contributed by atoms with van der Waals surface area (Å²) in [6.07, 6.45) is 3.04. The molecule has 0 spiro atoms. The second-order valence-corrected chi connectivity index (χ2v) is 5.82. The van der Waals surface area contributed by atoms with Gasteiger partial charge < -0.3 is 20.3 Å². The molecule has 0 radical (unpaired) electrons. The number of hydrogen-bond acceptors (Lipinski definition) is 4. The Bertz CT molecular complexity index is 513. The molecular formula is C15H20ClNO4. The molecule has 1 saturated carbocycles. The molecule has 2 rings (SSSR count). The molecule has 0 aromatic heterocycles. The predicted octanol–water partition coefficient (Wildman–Crippen LogP) is 2.79. The number of halogens is 1. The van der Waals surface area contributed by atoms with E-state index in [1.54, 1.807) is 12.1 Å². The van der Waals surface area contributed by atoms with Crippen LogP contribution in [0.3, 0.4) is 0 Å². The van der Waals surface area contributed by atoms with Crippen molar-refractivity contribution in [1.82, 2.24) is 5.32 Å². The second-order valence-electron chi connectivity index (χ2n) is 5.38. The van der Waals surface area contributed by atoms with Crippen molar-refractivity contribution in [2.24, 2.45) is 5.92 Å². The number of carboxylic acid groups (broad SMARTS) is 1. The standard InChI is InChI=1S/C15H20ClNO4/c1-21-13-7-11(16)6-10(14(13)18)8-17-12-4-2-9(3-5-12)15(19)20/h6-7,9,12,17-18H,2-5,8H2,1H3,(H,19,20). The van der Waals surface area contributed by atoms with Crippen molar-refractivity contribution >= 4 is 17.6 Å². The monoisotopic (exact) mass is 313 g/mol. The lowest BCUT2D eigenvalue weighted by atomic mass is 9.86. The zero-order valence-electron chi connectivity index (χ0n) is 11.9. The molecule has 0 heterocycles. The van der Waals surface area contributed by atoms with Crippen molar-refractivity contribution in [3.63, 3.8) is 0 Å². The van der Waals surface area contributed by atoms with E-state index in [2.05, 4.69) is 5.32 Å². The summed E-state index contributed by atoms with van der Waals surface area (Å²) < 4.78 is 5.07. The lowest BCUT2D eigenvalue weighted by Gasteiger charge is -2.27. The summed E-state index contributed by atoms with van der Waals surface area (Å²) in [4.78, 5) is 10.9. The van der Waals surface area contributed by atoms with Gasteiger partial charge in [0.25, 0.3) is 0 Å². The van der Waals surface area contributed by atoms with Gasteiger partial charge >= 0.3 is 5.97 Å². The summed E-state index contributed by atoms with van der Waals surface area (Å²) in [5.41, 5.74) is 0.680. The Morgan fingerprint density at radius 2 is 2.05 bits per heavy atom. The molecule has 21 heavy (non-hydrogen) atoms. The number of aromatic hydroxyl groups is 1. The predicted molar refractivity (Wildman–Crippen MR) is 79.9 cm³/mol. The largest absolute Gasteiger partial charge is 0.504 e. The minimum absolute atomic E-state index is 0.0913. The Morgan fingerprint density at radius 3 is 2.62 bits per heavy atom. The van der Waals surface area contributed by atoms with Crippen molar-refractivity contribution in [3.8, 4) is 11.5 Å². The smallest absolute Gasteiger partial charge is 0.306 e. The molecule has 116 valence electrons. The van der Waals surface area contributed by atoms with Gasteiger partial charge in [0.15, 0.2) is 11.5 Å². The first kappa shape index (κ1) is 15.9. The summed E-state index contributed by atoms with van der Waals surface area (Å²) in [6, 6.07) is 3.54. The fourth-order valence-corrected chi connectivity index (χ4v) is 2.95. The maximum Gasteiger partial charge on any atom is 0.306 e. The van der Waals surface area contributed by atoms with Crippen molar-refractivity contribution < 1.29 is 19.7 Å². The number of nitrogens with one attached hydrogen (secondary N) is 1. The van der Waals surface area contributed by atoms with E-state index in [4.69, 9.17) is 21.4 Å². The first-order valence-electron chi connectivity index (χ1n) is 7.02. The molecule has 0 amide bonds. The lowest BCUT2D eigenvalue weighted by molar-refractivity contribution is -0.142. The molecule has 1 aromatic rings. The third kappa shape index (κ3) is 4.02. The average molecular weight is 314 g/mol. The van der Waals surface area contributed by atoms with Crippen LogP contribution in [0.1, 0.15) is 31.2 Å². The van der Waals surface area contributed by atoms with Crippen LogP contribution >= 0.6 is 11.6 Å². The summed E-state index contributed by atoms with van der Waals surface area (Å²) in [5.74, 6) is -0.476. The number of phenols is 1. The number of carboxylic acids is 1. The number of benzene rings is 1. The molecule has 1 fully saturated rings. The number of phenolic OH excluding ortho intramolecular Hbond substituents is 1. The molecule has 0 saturated heterocycles. The average Bonchev–Trinajstić information content (AvgIpc) is 2.48. The van der Waals surface area contributed by atoms with Gasteiger partial charge in [0, 0.05) is 29.2 Å². The van der Waals surface area contributed by atoms with Gasteiger partial charge in [-0.25, -0.2) is 0 Å². The highest BCUT2D eigenvalue weighted by Gasteiger charge is 2.25. The van der Waals surface area contributed by atoms with Crippen molar-refractivity contribution in [2.45, 2.75) is 38.3 Å². The van der Waals surface area contributed by atoms with E-state index in [1.165, 1.54) is 7.11 Å². The first-order valence-corrected chi connectivity index (χ1v) is 7.40. The normalized spacial score (nSPS) is 22.0. The van der Waals surface area contributed by atoms with Gasteiger partial charge in [-0.3, -0.25) is 4.79 Å². The van der Waals surface area contributed by atoms with Crippen molar-refractivity contribution in [3.05, 3.63) is 22.7 Å². The summed E-state index contributed by atoms with van der Waals surface area (Å²) in [6.45, 7) is 0.477. The number of aliphatic carboxylic acids is 1. The quantitative estimate of drug-likeness (QED) is 0.779. The highest BCUT2D eigenvalue weighted by Crippen LogP contribution is 2.33. The third-order valence-corrected chi connectivity index (χ3v) is 4.21. The second kappa shape index (κ2) is 7.00. The van der Waals surface area contributed by atoms with E-state index in [0.29, 0.717) is 35.7 Å². The molecule has 0 unspecified atom stereocenters. The Morgan fingerprint density at radius 1 is 1.38 bits per heavy atom. The molecule has 0 bridgehead atoms. The van der Waals surface area contributed by atoms with E-state index in [-0.39, 0.29) is 17.7 Å².